The summed E-state index contributed by atoms with van der Waals surface area (Å²) in [6.07, 6.45) is 0.343. The maximum absolute atomic E-state index is 12.0. The highest BCUT2D eigenvalue weighted by molar-refractivity contribution is 14.0. The Balaban J connectivity index is 0.00000529. The third-order valence-corrected chi connectivity index (χ3v) is 3.40. The number of aliphatic imine (C=N–C) groups is 1. The molecule has 0 saturated heterocycles. The van der Waals surface area contributed by atoms with Crippen LogP contribution < -0.4 is 16.0 Å². The van der Waals surface area contributed by atoms with Crippen LogP contribution in [0.15, 0.2) is 27.7 Å². The maximum Gasteiger partial charge on any atom is 0.226 e. The van der Waals surface area contributed by atoms with E-state index in [0.29, 0.717) is 13.0 Å². The highest BCUT2D eigenvalue weighted by Gasteiger charge is 2.11. The minimum atomic E-state index is -0.0716. The van der Waals surface area contributed by atoms with Crippen LogP contribution in [0.4, 0.5) is 5.69 Å². The van der Waals surface area contributed by atoms with E-state index >= 15 is 0 Å². The van der Waals surface area contributed by atoms with Crippen molar-refractivity contribution in [1.29, 1.82) is 0 Å². The average Bonchev–Trinajstić information content (AvgIpc) is 2.40. The van der Waals surface area contributed by atoms with Gasteiger partial charge in [0.25, 0.3) is 0 Å². The molecule has 7 heteroatoms. The van der Waals surface area contributed by atoms with Crippen LogP contribution in [0, 0.1) is 6.92 Å². The summed E-state index contributed by atoms with van der Waals surface area (Å²) < 4.78 is 1.00. The van der Waals surface area contributed by atoms with Crippen LogP contribution in [0.3, 0.4) is 0 Å². The lowest BCUT2D eigenvalue weighted by molar-refractivity contribution is -0.116. The SMILES string of the molecule is CCNC(=NCCC(=O)Nc1ccc(Br)cc1C)NC(C)(C)C.I. The Kier molecular flexibility index (Phi) is 10.5. The quantitative estimate of drug-likeness (QED) is 0.318. The number of nitrogens with zero attached hydrogens (tertiary/aromatic N) is 1. The number of rotatable bonds is 5. The average molecular weight is 511 g/mol. The van der Waals surface area contributed by atoms with Crippen molar-refractivity contribution in [1.82, 2.24) is 10.6 Å². The number of hydrogen-bond acceptors (Lipinski definition) is 2. The molecule has 1 amide bonds. The number of amides is 1. The number of carbonyl (C=O) groups is 1. The Hall–Kier alpha value is -0.830. The first-order valence-electron chi connectivity index (χ1n) is 7.84. The van der Waals surface area contributed by atoms with Crippen molar-refractivity contribution in [2.24, 2.45) is 4.99 Å². The van der Waals surface area contributed by atoms with Gasteiger partial charge in [-0.3, -0.25) is 9.79 Å². The van der Waals surface area contributed by atoms with E-state index < -0.39 is 0 Å². The molecule has 0 aliphatic heterocycles. The normalized spacial score (nSPS) is 11.5. The largest absolute Gasteiger partial charge is 0.357 e. The Morgan fingerprint density at radius 3 is 2.50 bits per heavy atom. The number of carbonyl (C=O) groups excluding carboxylic acids is 1. The Labute approximate surface area is 170 Å². The van der Waals surface area contributed by atoms with Crippen LogP contribution in [0.25, 0.3) is 0 Å². The van der Waals surface area contributed by atoms with Gasteiger partial charge in [0.2, 0.25) is 5.91 Å². The summed E-state index contributed by atoms with van der Waals surface area (Å²) in [5.74, 6) is 0.693. The lowest BCUT2D eigenvalue weighted by atomic mass is 10.1. The number of benzene rings is 1. The van der Waals surface area contributed by atoms with Crippen molar-refractivity contribution in [3.8, 4) is 0 Å². The van der Waals surface area contributed by atoms with Crippen LogP contribution in [0.5, 0.6) is 0 Å². The summed E-state index contributed by atoms with van der Waals surface area (Å²) in [6, 6.07) is 5.79. The molecule has 0 aliphatic rings. The first-order valence-corrected chi connectivity index (χ1v) is 8.63. The second kappa shape index (κ2) is 10.9. The third-order valence-electron chi connectivity index (χ3n) is 2.91. The minimum absolute atomic E-state index is 0. The van der Waals surface area contributed by atoms with E-state index in [1.807, 2.05) is 32.0 Å². The lowest BCUT2D eigenvalue weighted by Crippen LogP contribution is -2.47. The van der Waals surface area contributed by atoms with Gasteiger partial charge in [0.1, 0.15) is 0 Å². The molecule has 0 atom stereocenters. The van der Waals surface area contributed by atoms with Crippen LogP contribution in [-0.2, 0) is 4.79 Å². The number of halogens is 2. The predicted octanol–water partition coefficient (Wildman–Crippen LogP) is 4.06. The van der Waals surface area contributed by atoms with Crippen molar-refractivity contribution in [2.75, 3.05) is 18.4 Å². The number of nitrogens with one attached hydrogen (secondary N) is 3. The van der Waals surface area contributed by atoms with Crippen LogP contribution in [-0.4, -0.2) is 30.5 Å². The van der Waals surface area contributed by atoms with E-state index in [4.69, 9.17) is 0 Å². The first-order chi connectivity index (χ1) is 10.7. The summed E-state index contributed by atoms with van der Waals surface area (Å²) in [5.41, 5.74) is 1.79. The molecular formula is C17H28BrIN4O. The van der Waals surface area contributed by atoms with Gasteiger partial charge in [-0.25, -0.2) is 0 Å². The topological polar surface area (TPSA) is 65.5 Å². The van der Waals surface area contributed by atoms with E-state index in [-0.39, 0.29) is 35.4 Å². The van der Waals surface area contributed by atoms with Crippen molar-refractivity contribution in [2.45, 2.75) is 46.6 Å². The van der Waals surface area contributed by atoms with E-state index in [0.717, 1.165) is 28.2 Å². The van der Waals surface area contributed by atoms with E-state index in [1.165, 1.54) is 0 Å². The molecule has 1 aromatic carbocycles. The van der Waals surface area contributed by atoms with E-state index in [9.17, 15) is 4.79 Å². The Morgan fingerprint density at radius 2 is 1.96 bits per heavy atom. The fourth-order valence-corrected chi connectivity index (χ4v) is 2.39. The smallest absolute Gasteiger partial charge is 0.226 e. The number of anilines is 1. The van der Waals surface area contributed by atoms with Crippen molar-refractivity contribution < 1.29 is 4.79 Å². The fourth-order valence-electron chi connectivity index (χ4n) is 1.91. The van der Waals surface area contributed by atoms with Crippen LogP contribution >= 0.6 is 39.9 Å². The second-order valence-corrected chi connectivity index (χ2v) is 7.31. The van der Waals surface area contributed by atoms with E-state index in [2.05, 4.69) is 57.6 Å². The maximum atomic E-state index is 12.0. The monoisotopic (exact) mass is 510 g/mol. The van der Waals surface area contributed by atoms with Gasteiger partial charge in [-0.15, -0.1) is 24.0 Å². The Morgan fingerprint density at radius 1 is 1.29 bits per heavy atom. The summed E-state index contributed by atoms with van der Waals surface area (Å²) in [5, 5.41) is 9.40. The van der Waals surface area contributed by atoms with Crippen LogP contribution in [0.2, 0.25) is 0 Å². The zero-order valence-corrected chi connectivity index (χ0v) is 18.9. The number of aryl methyl sites for hydroxylation is 1. The number of guanidine groups is 1. The standard InChI is InChI=1S/C17H27BrN4O.HI/c1-6-19-16(22-17(3,4)5)20-10-9-15(23)21-14-8-7-13(18)11-12(14)2;/h7-8,11H,6,9-10H2,1-5H3,(H,21,23)(H2,19,20,22);1H. The van der Waals surface area contributed by atoms with Gasteiger partial charge in [0.05, 0.1) is 6.54 Å². The molecule has 0 fully saturated rings. The van der Waals surface area contributed by atoms with Gasteiger partial charge in [0, 0.05) is 28.7 Å². The zero-order valence-electron chi connectivity index (χ0n) is 15.0. The lowest BCUT2D eigenvalue weighted by Gasteiger charge is -2.23. The molecule has 136 valence electrons. The first kappa shape index (κ1) is 23.2. The molecule has 3 N–H and O–H groups in total. The van der Waals surface area contributed by atoms with Gasteiger partial charge in [-0.05, 0) is 58.4 Å². The molecule has 0 aromatic heterocycles. The van der Waals surface area contributed by atoms with Crippen molar-refractivity contribution in [3.05, 3.63) is 28.2 Å². The van der Waals surface area contributed by atoms with Crippen molar-refractivity contribution in [3.63, 3.8) is 0 Å². The van der Waals surface area contributed by atoms with Gasteiger partial charge in [-0.2, -0.15) is 0 Å². The molecule has 24 heavy (non-hydrogen) atoms. The van der Waals surface area contributed by atoms with Gasteiger partial charge in [0.15, 0.2) is 5.96 Å². The second-order valence-electron chi connectivity index (χ2n) is 6.39. The van der Waals surface area contributed by atoms with Gasteiger partial charge in [-0.1, -0.05) is 15.9 Å². The molecular weight excluding hydrogens is 483 g/mol. The molecule has 0 spiro atoms. The van der Waals surface area contributed by atoms with Crippen LogP contribution in [0.1, 0.15) is 39.7 Å². The highest BCUT2D eigenvalue weighted by atomic mass is 127. The molecule has 0 radical (unpaired) electrons. The molecule has 1 rings (SSSR count). The molecule has 0 aliphatic carbocycles. The summed E-state index contributed by atoms with van der Waals surface area (Å²) in [4.78, 5) is 16.5. The molecule has 0 bridgehead atoms. The minimum Gasteiger partial charge on any atom is -0.357 e. The van der Waals surface area contributed by atoms with Gasteiger partial charge < -0.3 is 16.0 Å². The molecule has 0 saturated carbocycles. The number of hydrogen-bond donors (Lipinski definition) is 3. The summed E-state index contributed by atoms with van der Waals surface area (Å²) in [6.45, 7) is 11.4. The summed E-state index contributed by atoms with van der Waals surface area (Å²) in [7, 11) is 0. The van der Waals surface area contributed by atoms with Gasteiger partial charge >= 0.3 is 0 Å². The molecule has 0 heterocycles. The van der Waals surface area contributed by atoms with Crippen molar-refractivity contribution >= 4 is 57.5 Å². The van der Waals surface area contributed by atoms with E-state index in [1.54, 1.807) is 0 Å². The highest BCUT2D eigenvalue weighted by Crippen LogP contribution is 2.20. The molecule has 5 nitrogen and oxygen atoms in total. The fraction of sp³-hybridized carbons (Fsp3) is 0.529. The Bertz CT molecular complexity index is 570. The zero-order chi connectivity index (χ0) is 17.5. The molecule has 0 unspecified atom stereocenters. The summed E-state index contributed by atoms with van der Waals surface area (Å²) >= 11 is 3.41. The predicted molar refractivity (Wildman–Crippen MR) is 116 cm³/mol. The third kappa shape index (κ3) is 9.46. The molecule has 1 aromatic rings.